The van der Waals surface area contributed by atoms with Crippen LogP contribution in [0.2, 0.25) is 0 Å². The number of halogens is 2. The summed E-state index contributed by atoms with van der Waals surface area (Å²) in [5.41, 5.74) is 6.06. The Kier molecular flexibility index (Phi) is 9.85. The van der Waals surface area contributed by atoms with Crippen molar-refractivity contribution < 1.29 is 4.79 Å². The second-order valence-electron chi connectivity index (χ2n) is 6.92. The molecule has 24 heavy (non-hydrogen) atoms. The number of nitrogens with zero attached hydrogens (tertiary/aromatic N) is 4. The third-order valence-electron chi connectivity index (χ3n) is 4.27. The van der Waals surface area contributed by atoms with E-state index in [-0.39, 0.29) is 36.8 Å². The molecule has 1 unspecified atom stereocenters. The van der Waals surface area contributed by atoms with Gasteiger partial charge in [0.1, 0.15) is 11.6 Å². The highest BCUT2D eigenvalue weighted by Gasteiger charge is 2.28. The Balaban J connectivity index is 0.00000264. The molecule has 2 rings (SSSR count). The normalized spacial score (nSPS) is 18.8. The van der Waals surface area contributed by atoms with E-state index in [1.54, 1.807) is 0 Å². The molecule has 1 aromatic rings. The van der Waals surface area contributed by atoms with E-state index in [2.05, 4.69) is 23.9 Å². The first kappa shape index (κ1) is 23.1. The molecule has 0 radical (unpaired) electrons. The zero-order valence-corrected chi connectivity index (χ0v) is 16.7. The molecule has 8 heteroatoms. The standard InChI is InChI=1S/C16H29N5O.2ClH/c1-11(2)8-15(17)16(22)20-7-5-6-14(9-20)10-21-13(4)18-12(3)19-21;;/h11,14-15H,5-10,17H2,1-4H3;2*1H/t14?,15-;;/m0../s1. The van der Waals surface area contributed by atoms with Crippen molar-refractivity contribution in [2.45, 2.75) is 59.5 Å². The summed E-state index contributed by atoms with van der Waals surface area (Å²) in [5.74, 6) is 2.73. The molecule has 140 valence electrons. The molecule has 0 bridgehead atoms. The summed E-state index contributed by atoms with van der Waals surface area (Å²) in [7, 11) is 0. The van der Waals surface area contributed by atoms with E-state index in [0.717, 1.165) is 50.5 Å². The number of rotatable bonds is 5. The molecule has 6 nitrogen and oxygen atoms in total. The van der Waals surface area contributed by atoms with Gasteiger partial charge in [-0.15, -0.1) is 24.8 Å². The molecule has 2 atom stereocenters. The van der Waals surface area contributed by atoms with Gasteiger partial charge in [-0.25, -0.2) is 9.67 Å². The quantitative estimate of drug-likeness (QED) is 0.851. The van der Waals surface area contributed by atoms with E-state index in [9.17, 15) is 4.79 Å². The van der Waals surface area contributed by atoms with Gasteiger partial charge in [0.25, 0.3) is 0 Å². The summed E-state index contributed by atoms with van der Waals surface area (Å²) in [6.07, 6.45) is 2.92. The van der Waals surface area contributed by atoms with E-state index in [1.165, 1.54) is 0 Å². The van der Waals surface area contributed by atoms with E-state index >= 15 is 0 Å². The molecule has 0 aromatic carbocycles. The largest absolute Gasteiger partial charge is 0.341 e. The van der Waals surface area contributed by atoms with E-state index < -0.39 is 0 Å². The van der Waals surface area contributed by atoms with E-state index in [4.69, 9.17) is 5.73 Å². The summed E-state index contributed by atoms with van der Waals surface area (Å²) < 4.78 is 1.96. The van der Waals surface area contributed by atoms with Crippen LogP contribution < -0.4 is 5.73 Å². The zero-order valence-electron chi connectivity index (χ0n) is 15.1. The molecule has 0 spiro atoms. The average Bonchev–Trinajstić information content (AvgIpc) is 2.75. The van der Waals surface area contributed by atoms with Crippen LogP contribution in [0, 0.1) is 25.7 Å². The zero-order chi connectivity index (χ0) is 16.3. The van der Waals surface area contributed by atoms with Gasteiger partial charge in [0.15, 0.2) is 0 Å². The van der Waals surface area contributed by atoms with Gasteiger partial charge in [0.05, 0.1) is 6.04 Å². The first-order valence-electron chi connectivity index (χ1n) is 8.29. The van der Waals surface area contributed by atoms with Crippen molar-refractivity contribution in [3.05, 3.63) is 11.6 Å². The number of hydrogen-bond acceptors (Lipinski definition) is 4. The highest BCUT2D eigenvalue weighted by molar-refractivity contribution is 5.85. The fourth-order valence-corrected chi connectivity index (χ4v) is 3.24. The predicted octanol–water partition coefficient (Wildman–Crippen LogP) is 2.35. The van der Waals surface area contributed by atoms with Gasteiger partial charge in [-0.1, -0.05) is 13.8 Å². The number of amides is 1. The third-order valence-corrected chi connectivity index (χ3v) is 4.27. The Morgan fingerprint density at radius 2 is 2.00 bits per heavy atom. The smallest absolute Gasteiger partial charge is 0.239 e. The summed E-state index contributed by atoms with van der Waals surface area (Å²) in [6, 6.07) is -0.367. The number of likely N-dealkylation sites (tertiary alicyclic amines) is 1. The van der Waals surface area contributed by atoms with Crippen molar-refractivity contribution in [1.82, 2.24) is 19.7 Å². The lowest BCUT2D eigenvalue weighted by Gasteiger charge is -2.34. The minimum Gasteiger partial charge on any atom is -0.341 e. The number of carbonyl (C=O) groups is 1. The van der Waals surface area contributed by atoms with Gasteiger partial charge in [0.2, 0.25) is 5.91 Å². The van der Waals surface area contributed by atoms with Crippen molar-refractivity contribution >= 4 is 30.7 Å². The molecule has 1 aliphatic heterocycles. The number of nitrogens with two attached hydrogens (primary N) is 1. The molecule has 0 saturated carbocycles. The Labute approximate surface area is 157 Å². The summed E-state index contributed by atoms with van der Waals surface area (Å²) in [6.45, 7) is 10.5. The highest BCUT2D eigenvalue weighted by atomic mass is 35.5. The van der Waals surface area contributed by atoms with Crippen molar-refractivity contribution in [3.63, 3.8) is 0 Å². The Hall–Kier alpha value is -0.850. The number of piperidine rings is 1. The molecule has 2 heterocycles. The maximum absolute atomic E-state index is 12.5. The lowest BCUT2D eigenvalue weighted by atomic mass is 9.96. The van der Waals surface area contributed by atoms with Crippen LogP contribution in [0.4, 0.5) is 0 Å². The second kappa shape index (κ2) is 10.2. The minimum atomic E-state index is -0.367. The van der Waals surface area contributed by atoms with Gasteiger partial charge >= 0.3 is 0 Å². The molecule has 1 saturated heterocycles. The third kappa shape index (κ3) is 6.22. The number of aromatic nitrogens is 3. The number of hydrogen-bond donors (Lipinski definition) is 1. The Morgan fingerprint density at radius 1 is 1.33 bits per heavy atom. The monoisotopic (exact) mass is 379 g/mol. The molecule has 0 aliphatic carbocycles. The van der Waals surface area contributed by atoms with E-state index in [0.29, 0.717) is 11.8 Å². The van der Waals surface area contributed by atoms with Crippen LogP contribution in [-0.4, -0.2) is 44.7 Å². The summed E-state index contributed by atoms with van der Waals surface area (Å²) in [4.78, 5) is 18.8. The molecule has 1 fully saturated rings. The first-order chi connectivity index (χ1) is 10.4. The van der Waals surface area contributed by atoms with Crippen molar-refractivity contribution in [1.29, 1.82) is 0 Å². The van der Waals surface area contributed by atoms with Crippen LogP contribution in [0.5, 0.6) is 0 Å². The molecular formula is C16H31Cl2N5O. The van der Waals surface area contributed by atoms with Crippen molar-refractivity contribution in [2.24, 2.45) is 17.6 Å². The van der Waals surface area contributed by atoms with Gasteiger partial charge in [-0.05, 0) is 44.9 Å². The van der Waals surface area contributed by atoms with Crippen LogP contribution >= 0.6 is 24.8 Å². The summed E-state index contributed by atoms with van der Waals surface area (Å²) >= 11 is 0. The second-order valence-corrected chi connectivity index (χ2v) is 6.92. The van der Waals surface area contributed by atoms with Gasteiger partial charge in [0, 0.05) is 19.6 Å². The molecule has 1 amide bonds. The molecule has 1 aromatic heterocycles. The Bertz CT molecular complexity index is 521. The van der Waals surface area contributed by atoms with Crippen LogP contribution in [0.1, 0.15) is 44.8 Å². The van der Waals surface area contributed by atoms with Gasteiger partial charge in [-0.2, -0.15) is 5.10 Å². The first-order valence-corrected chi connectivity index (χ1v) is 8.29. The Morgan fingerprint density at radius 3 is 2.54 bits per heavy atom. The highest BCUT2D eigenvalue weighted by Crippen LogP contribution is 2.20. The van der Waals surface area contributed by atoms with Crippen LogP contribution in [0.25, 0.3) is 0 Å². The predicted molar refractivity (Wildman–Crippen MR) is 101 cm³/mol. The fraction of sp³-hybridized carbons (Fsp3) is 0.812. The van der Waals surface area contributed by atoms with Crippen molar-refractivity contribution in [2.75, 3.05) is 13.1 Å². The van der Waals surface area contributed by atoms with Crippen LogP contribution in [-0.2, 0) is 11.3 Å². The summed E-state index contributed by atoms with van der Waals surface area (Å²) in [5, 5.41) is 4.43. The van der Waals surface area contributed by atoms with Gasteiger partial charge < -0.3 is 10.6 Å². The molecule has 1 aliphatic rings. The van der Waals surface area contributed by atoms with Gasteiger partial charge in [-0.3, -0.25) is 4.79 Å². The number of carbonyl (C=O) groups excluding carboxylic acids is 1. The van der Waals surface area contributed by atoms with Crippen LogP contribution in [0.3, 0.4) is 0 Å². The van der Waals surface area contributed by atoms with E-state index in [1.807, 2.05) is 23.4 Å². The fourth-order valence-electron chi connectivity index (χ4n) is 3.24. The van der Waals surface area contributed by atoms with Crippen molar-refractivity contribution in [3.8, 4) is 0 Å². The lowest BCUT2D eigenvalue weighted by molar-refractivity contribution is -0.134. The maximum atomic E-state index is 12.5. The molecular weight excluding hydrogens is 349 g/mol. The number of aryl methyl sites for hydroxylation is 2. The SMILES string of the molecule is Cc1nc(C)n(CC2CCCN(C(=O)[C@@H](N)CC(C)C)C2)n1.Cl.Cl. The maximum Gasteiger partial charge on any atom is 0.239 e. The molecule has 2 N–H and O–H groups in total. The topological polar surface area (TPSA) is 77.0 Å². The minimum absolute atomic E-state index is 0. The van der Waals surface area contributed by atoms with Crippen LogP contribution in [0.15, 0.2) is 0 Å². The average molecular weight is 380 g/mol. The lowest BCUT2D eigenvalue weighted by Crippen LogP contribution is -2.49.